The number of nitrogens with one attached hydrogen (secondary N) is 1. The van der Waals surface area contributed by atoms with E-state index in [1.54, 1.807) is 11.7 Å². The van der Waals surface area contributed by atoms with Gasteiger partial charge < -0.3 is 11.1 Å². The van der Waals surface area contributed by atoms with E-state index in [0.29, 0.717) is 18.7 Å². The number of carbonyl (C=O) groups is 1. The summed E-state index contributed by atoms with van der Waals surface area (Å²) in [6, 6.07) is -0.111. The van der Waals surface area contributed by atoms with Crippen molar-refractivity contribution < 1.29 is 13.6 Å². The van der Waals surface area contributed by atoms with Crippen molar-refractivity contribution in [3.8, 4) is 0 Å². The summed E-state index contributed by atoms with van der Waals surface area (Å²) in [4.78, 5) is 11.2. The first kappa shape index (κ1) is 12.8. The molecule has 0 unspecified atom stereocenters. The fourth-order valence-electron chi connectivity index (χ4n) is 2.34. The second kappa shape index (κ2) is 4.55. The highest BCUT2D eigenvalue weighted by Gasteiger charge is 2.36. The average molecular weight is 258 g/mol. The molecule has 0 aliphatic heterocycles. The molecule has 100 valence electrons. The summed E-state index contributed by atoms with van der Waals surface area (Å²) in [7, 11) is 1.65. The summed E-state index contributed by atoms with van der Waals surface area (Å²) < 4.78 is 27.8. The maximum atomic E-state index is 13.1. The number of halogens is 2. The van der Waals surface area contributed by atoms with Crippen LogP contribution in [0.3, 0.4) is 0 Å². The van der Waals surface area contributed by atoms with Gasteiger partial charge in [0.05, 0.1) is 12.2 Å². The second-order valence-corrected chi connectivity index (χ2v) is 4.55. The molecule has 1 aromatic rings. The van der Waals surface area contributed by atoms with Crippen LogP contribution in [0.5, 0.6) is 0 Å². The van der Waals surface area contributed by atoms with Gasteiger partial charge in [-0.25, -0.2) is 13.5 Å². The van der Waals surface area contributed by atoms with Gasteiger partial charge in [-0.15, -0.1) is 0 Å². The summed E-state index contributed by atoms with van der Waals surface area (Å²) in [5, 5.41) is 6.94. The van der Waals surface area contributed by atoms with Gasteiger partial charge in [0.1, 0.15) is 11.4 Å². The fourth-order valence-corrected chi connectivity index (χ4v) is 2.34. The zero-order valence-electron chi connectivity index (χ0n) is 10.1. The number of nitrogens with zero attached hydrogens (tertiary/aromatic N) is 2. The molecule has 18 heavy (non-hydrogen) atoms. The molecule has 1 fully saturated rings. The fraction of sp³-hybridized carbons (Fsp3) is 0.636. The van der Waals surface area contributed by atoms with Crippen molar-refractivity contribution >= 4 is 11.7 Å². The summed E-state index contributed by atoms with van der Waals surface area (Å²) in [5.74, 6) is -2.65. The predicted molar refractivity (Wildman–Crippen MR) is 62.7 cm³/mol. The van der Waals surface area contributed by atoms with Gasteiger partial charge in [0.25, 0.3) is 5.91 Å². The van der Waals surface area contributed by atoms with Crippen LogP contribution in [0.15, 0.2) is 6.20 Å². The lowest BCUT2D eigenvalue weighted by atomic mass is 9.92. The molecule has 5 nitrogen and oxygen atoms in total. The molecule has 0 spiro atoms. The van der Waals surface area contributed by atoms with Gasteiger partial charge >= 0.3 is 0 Å². The van der Waals surface area contributed by atoms with Crippen molar-refractivity contribution in [3.05, 3.63) is 11.8 Å². The van der Waals surface area contributed by atoms with E-state index >= 15 is 0 Å². The Morgan fingerprint density at radius 3 is 2.67 bits per heavy atom. The summed E-state index contributed by atoms with van der Waals surface area (Å²) in [6.07, 6.45) is 1.78. The first-order valence-electron chi connectivity index (χ1n) is 5.87. The van der Waals surface area contributed by atoms with Crippen LogP contribution in [0.25, 0.3) is 0 Å². The maximum absolute atomic E-state index is 13.1. The van der Waals surface area contributed by atoms with E-state index in [1.165, 1.54) is 6.20 Å². The Morgan fingerprint density at radius 2 is 2.17 bits per heavy atom. The van der Waals surface area contributed by atoms with Crippen molar-refractivity contribution in [3.63, 3.8) is 0 Å². The first-order chi connectivity index (χ1) is 8.44. The summed E-state index contributed by atoms with van der Waals surface area (Å²) in [5.41, 5.74) is 5.51. The van der Waals surface area contributed by atoms with E-state index in [1.807, 2.05) is 0 Å². The Balaban J connectivity index is 2.22. The number of primary amides is 1. The van der Waals surface area contributed by atoms with Gasteiger partial charge in [0, 0.05) is 19.9 Å². The lowest BCUT2D eigenvalue weighted by Gasteiger charge is -2.29. The number of nitrogens with two attached hydrogens (primary N) is 1. The molecule has 1 aliphatic carbocycles. The highest BCUT2D eigenvalue weighted by molar-refractivity contribution is 5.97. The van der Waals surface area contributed by atoms with Crippen LogP contribution in [0.4, 0.5) is 14.6 Å². The number of hydrogen-bond acceptors (Lipinski definition) is 3. The predicted octanol–water partition coefficient (Wildman–Crippen LogP) is 1.77. The van der Waals surface area contributed by atoms with Crippen LogP contribution in [0.2, 0.25) is 0 Å². The molecule has 1 aliphatic rings. The SMILES string of the molecule is CNc1c(C(N)=O)cnn1C1CCC(F)(F)CC1. The van der Waals surface area contributed by atoms with E-state index in [4.69, 9.17) is 5.73 Å². The Morgan fingerprint density at radius 1 is 1.56 bits per heavy atom. The molecule has 1 amide bonds. The van der Waals surface area contributed by atoms with Gasteiger partial charge in [-0.3, -0.25) is 4.79 Å². The highest BCUT2D eigenvalue weighted by atomic mass is 19.3. The third-order valence-corrected chi connectivity index (χ3v) is 3.33. The van der Waals surface area contributed by atoms with Crippen molar-refractivity contribution in [2.24, 2.45) is 5.73 Å². The normalized spacial score (nSPS) is 19.7. The average Bonchev–Trinajstić information content (AvgIpc) is 2.72. The van der Waals surface area contributed by atoms with Crippen LogP contribution in [0, 0.1) is 0 Å². The Kier molecular flexibility index (Phi) is 3.23. The minimum Gasteiger partial charge on any atom is -0.373 e. The number of alkyl halides is 2. The largest absolute Gasteiger partial charge is 0.373 e. The topological polar surface area (TPSA) is 72.9 Å². The Labute approximate surface area is 103 Å². The van der Waals surface area contributed by atoms with Gasteiger partial charge in [0.15, 0.2) is 0 Å². The van der Waals surface area contributed by atoms with E-state index < -0.39 is 11.8 Å². The number of carbonyl (C=O) groups excluding carboxylic acids is 1. The van der Waals surface area contributed by atoms with Gasteiger partial charge in [-0.2, -0.15) is 5.10 Å². The van der Waals surface area contributed by atoms with Gasteiger partial charge in [0.2, 0.25) is 5.92 Å². The minimum atomic E-state index is -2.57. The lowest BCUT2D eigenvalue weighted by Crippen LogP contribution is -2.27. The number of rotatable bonds is 3. The second-order valence-electron chi connectivity index (χ2n) is 4.55. The smallest absolute Gasteiger partial charge is 0.254 e. The number of hydrogen-bond donors (Lipinski definition) is 2. The number of aromatic nitrogens is 2. The molecule has 1 saturated carbocycles. The van der Waals surface area contributed by atoms with E-state index in [0.717, 1.165) is 0 Å². The molecule has 1 heterocycles. The number of amides is 1. The van der Waals surface area contributed by atoms with Gasteiger partial charge in [-0.05, 0) is 12.8 Å². The van der Waals surface area contributed by atoms with Crippen molar-refractivity contribution in [1.82, 2.24) is 9.78 Å². The zero-order chi connectivity index (χ0) is 13.3. The Bertz CT molecular complexity index is 448. The van der Waals surface area contributed by atoms with Crippen molar-refractivity contribution in [1.29, 1.82) is 0 Å². The van der Waals surface area contributed by atoms with Crippen molar-refractivity contribution in [2.45, 2.75) is 37.6 Å². The minimum absolute atomic E-state index is 0.111. The summed E-state index contributed by atoms with van der Waals surface area (Å²) >= 11 is 0. The zero-order valence-corrected chi connectivity index (χ0v) is 10.1. The molecule has 0 atom stereocenters. The van der Waals surface area contributed by atoms with Crippen LogP contribution >= 0.6 is 0 Å². The maximum Gasteiger partial charge on any atom is 0.254 e. The first-order valence-corrected chi connectivity index (χ1v) is 5.87. The third kappa shape index (κ3) is 2.30. The van der Waals surface area contributed by atoms with Crippen LogP contribution in [-0.2, 0) is 0 Å². The molecule has 0 radical (unpaired) electrons. The van der Waals surface area contributed by atoms with E-state index in [9.17, 15) is 13.6 Å². The van der Waals surface area contributed by atoms with E-state index in [2.05, 4.69) is 10.4 Å². The molecular weight excluding hydrogens is 242 g/mol. The quantitative estimate of drug-likeness (QED) is 0.867. The van der Waals surface area contributed by atoms with Crippen molar-refractivity contribution in [2.75, 3.05) is 12.4 Å². The van der Waals surface area contributed by atoms with Crippen LogP contribution in [-0.4, -0.2) is 28.7 Å². The molecule has 3 N–H and O–H groups in total. The Hall–Kier alpha value is -1.66. The molecule has 0 saturated heterocycles. The van der Waals surface area contributed by atoms with E-state index in [-0.39, 0.29) is 24.4 Å². The molecular formula is C11H16F2N4O. The molecule has 2 rings (SSSR count). The van der Waals surface area contributed by atoms with Crippen LogP contribution < -0.4 is 11.1 Å². The standard InChI is InChI=1S/C11H16F2N4O/c1-15-10-8(9(14)18)6-16-17(10)7-2-4-11(12,13)5-3-7/h6-7,15H,2-5H2,1H3,(H2,14,18). The molecule has 7 heteroatoms. The highest BCUT2D eigenvalue weighted by Crippen LogP contribution is 2.39. The summed E-state index contributed by atoms with van der Waals surface area (Å²) in [6.45, 7) is 0. The lowest BCUT2D eigenvalue weighted by molar-refractivity contribution is -0.0448. The molecule has 0 bridgehead atoms. The van der Waals surface area contributed by atoms with Crippen LogP contribution in [0.1, 0.15) is 42.1 Å². The number of anilines is 1. The monoisotopic (exact) mass is 258 g/mol. The molecule has 1 aromatic heterocycles. The third-order valence-electron chi connectivity index (χ3n) is 3.33. The van der Waals surface area contributed by atoms with Gasteiger partial charge in [-0.1, -0.05) is 0 Å². The molecule has 0 aromatic carbocycles.